The number of primary amides is 1. The fourth-order valence-electron chi connectivity index (χ4n) is 4.32. The summed E-state index contributed by atoms with van der Waals surface area (Å²) >= 11 is 1.42. The Labute approximate surface area is 190 Å². The number of amides is 2. The van der Waals surface area contributed by atoms with Crippen LogP contribution in [0.15, 0.2) is 54.6 Å². The third kappa shape index (κ3) is 3.58. The minimum atomic E-state index is -0.646. The molecule has 0 unspecified atom stereocenters. The Kier molecular flexibility index (Phi) is 5.06. The van der Waals surface area contributed by atoms with E-state index in [9.17, 15) is 9.59 Å². The van der Waals surface area contributed by atoms with Crippen LogP contribution >= 0.6 is 11.3 Å². The average Bonchev–Trinajstić information content (AvgIpc) is 3.35. The van der Waals surface area contributed by atoms with Crippen LogP contribution in [-0.4, -0.2) is 32.5 Å². The summed E-state index contributed by atoms with van der Waals surface area (Å²) in [5.41, 5.74) is 11.1. The van der Waals surface area contributed by atoms with Gasteiger partial charge in [-0.1, -0.05) is 54.1 Å². The van der Waals surface area contributed by atoms with Gasteiger partial charge in [0, 0.05) is 18.4 Å². The molecule has 2 aromatic carbocycles. The van der Waals surface area contributed by atoms with E-state index in [0.717, 1.165) is 32.6 Å². The van der Waals surface area contributed by atoms with Gasteiger partial charge in [-0.25, -0.2) is 0 Å². The van der Waals surface area contributed by atoms with Crippen LogP contribution in [0.4, 0.5) is 0 Å². The molecule has 0 spiro atoms. The number of hydrogen-bond acceptors (Lipinski definition) is 4. The van der Waals surface area contributed by atoms with Crippen LogP contribution in [0.3, 0.4) is 0 Å². The highest BCUT2D eigenvalue weighted by Gasteiger charge is 2.34. The van der Waals surface area contributed by atoms with Crippen molar-refractivity contribution < 1.29 is 9.59 Å². The highest BCUT2D eigenvalue weighted by atomic mass is 32.1. The van der Waals surface area contributed by atoms with Crippen LogP contribution in [0, 0.1) is 13.8 Å². The van der Waals surface area contributed by atoms with Gasteiger partial charge >= 0.3 is 0 Å². The molecule has 0 saturated carbocycles. The van der Waals surface area contributed by atoms with Crippen LogP contribution in [0.2, 0.25) is 0 Å². The molecule has 6 nitrogen and oxygen atoms in total. The number of aryl methyl sites for hydroxylation is 2. The zero-order chi connectivity index (χ0) is 22.4. The highest BCUT2D eigenvalue weighted by molar-refractivity contribution is 7.20. The Hall–Kier alpha value is -3.45. The molecule has 3 heterocycles. The van der Waals surface area contributed by atoms with Crippen molar-refractivity contribution in [3.63, 3.8) is 0 Å². The van der Waals surface area contributed by atoms with Crippen LogP contribution in [-0.2, 0) is 24.3 Å². The Morgan fingerprint density at radius 2 is 1.81 bits per heavy atom. The van der Waals surface area contributed by atoms with Gasteiger partial charge in [-0.15, -0.1) is 11.3 Å². The molecule has 7 heteroatoms. The molecule has 5 rings (SSSR count). The van der Waals surface area contributed by atoms with Crippen molar-refractivity contribution >= 4 is 33.4 Å². The van der Waals surface area contributed by atoms with Crippen molar-refractivity contribution in [3.8, 4) is 0 Å². The Morgan fingerprint density at radius 3 is 2.53 bits per heavy atom. The standard InChI is InChI=1S/C25H24N4O2S/c1-15-7-9-17(10-8-15)13-29-25-20(16(2)27-29)12-22(32-25)24(31)28-14-19-6-4-3-5-18(19)11-21(28)23(26)30/h3-10,12,21H,11,13-14H2,1-2H3,(H2,26,30)/t21-/m0/s1. The minimum Gasteiger partial charge on any atom is -0.368 e. The van der Waals surface area contributed by atoms with Crippen molar-refractivity contribution in [3.05, 3.63) is 87.4 Å². The maximum absolute atomic E-state index is 13.5. The van der Waals surface area contributed by atoms with Gasteiger partial charge in [0.15, 0.2) is 0 Å². The quantitative estimate of drug-likeness (QED) is 0.520. The van der Waals surface area contributed by atoms with Crippen molar-refractivity contribution in [2.24, 2.45) is 5.73 Å². The zero-order valence-corrected chi connectivity index (χ0v) is 18.9. The Bertz CT molecular complexity index is 1340. The molecular weight excluding hydrogens is 420 g/mol. The zero-order valence-electron chi connectivity index (χ0n) is 18.0. The van der Waals surface area contributed by atoms with Crippen molar-refractivity contribution in [1.82, 2.24) is 14.7 Å². The molecule has 2 aromatic heterocycles. The SMILES string of the molecule is Cc1ccc(Cn2nc(C)c3cc(C(=O)N4Cc5ccccc5C[C@H]4C(N)=O)sc32)cc1. The first-order valence-corrected chi connectivity index (χ1v) is 11.4. The molecule has 2 N–H and O–H groups in total. The minimum absolute atomic E-state index is 0.161. The Balaban J connectivity index is 1.48. The first-order chi connectivity index (χ1) is 15.4. The van der Waals surface area contributed by atoms with E-state index in [1.165, 1.54) is 16.9 Å². The second kappa shape index (κ2) is 7.91. The first-order valence-electron chi connectivity index (χ1n) is 10.6. The number of nitrogens with two attached hydrogens (primary N) is 1. The summed E-state index contributed by atoms with van der Waals surface area (Å²) in [5, 5.41) is 5.65. The summed E-state index contributed by atoms with van der Waals surface area (Å²) in [6.45, 7) is 5.04. The number of benzene rings is 2. The summed E-state index contributed by atoms with van der Waals surface area (Å²) in [5.74, 6) is -0.638. The van der Waals surface area contributed by atoms with Crippen molar-refractivity contribution in [2.75, 3.05) is 0 Å². The summed E-state index contributed by atoms with van der Waals surface area (Å²) in [6, 6.07) is 17.5. The van der Waals surface area contributed by atoms with E-state index in [0.29, 0.717) is 24.4 Å². The number of thiophene rings is 1. The predicted molar refractivity (Wildman–Crippen MR) is 126 cm³/mol. The number of rotatable bonds is 4. The molecule has 2 amide bonds. The second-order valence-corrected chi connectivity index (χ2v) is 9.41. The Morgan fingerprint density at radius 1 is 1.09 bits per heavy atom. The molecule has 4 aromatic rings. The van der Waals surface area contributed by atoms with Gasteiger partial charge in [-0.05, 0) is 36.6 Å². The summed E-state index contributed by atoms with van der Waals surface area (Å²) in [7, 11) is 0. The third-order valence-electron chi connectivity index (χ3n) is 6.11. The maximum atomic E-state index is 13.5. The fourth-order valence-corrected chi connectivity index (χ4v) is 5.44. The molecule has 162 valence electrons. The molecule has 0 aliphatic carbocycles. The number of aromatic nitrogens is 2. The third-order valence-corrected chi connectivity index (χ3v) is 7.25. The number of carbonyl (C=O) groups is 2. The topological polar surface area (TPSA) is 81.2 Å². The molecule has 0 fully saturated rings. The lowest BCUT2D eigenvalue weighted by Gasteiger charge is -2.34. The van der Waals surface area contributed by atoms with Gasteiger partial charge in [0.05, 0.1) is 17.1 Å². The summed E-state index contributed by atoms with van der Waals surface area (Å²) < 4.78 is 1.95. The van der Waals surface area contributed by atoms with E-state index in [1.54, 1.807) is 4.90 Å². The number of carbonyl (C=O) groups excluding carboxylic acids is 2. The lowest BCUT2D eigenvalue weighted by Crippen LogP contribution is -2.51. The van der Waals surface area contributed by atoms with Gasteiger partial charge in [-0.2, -0.15) is 5.10 Å². The van der Waals surface area contributed by atoms with Crippen molar-refractivity contribution in [2.45, 2.75) is 39.4 Å². The highest BCUT2D eigenvalue weighted by Crippen LogP contribution is 2.32. The molecule has 0 bridgehead atoms. The van der Waals surface area contributed by atoms with Gasteiger partial charge < -0.3 is 10.6 Å². The second-order valence-electron chi connectivity index (χ2n) is 8.38. The van der Waals surface area contributed by atoms with E-state index in [4.69, 9.17) is 5.73 Å². The molecule has 0 saturated heterocycles. The average molecular weight is 445 g/mol. The van der Waals surface area contributed by atoms with Crippen LogP contribution in [0.25, 0.3) is 10.2 Å². The molecular formula is C25H24N4O2S. The smallest absolute Gasteiger partial charge is 0.265 e. The number of nitrogens with zero attached hydrogens (tertiary/aromatic N) is 3. The molecule has 1 aliphatic heterocycles. The van der Waals surface area contributed by atoms with Gasteiger partial charge in [0.1, 0.15) is 10.9 Å². The normalized spacial score (nSPS) is 15.7. The fraction of sp³-hybridized carbons (Fsp3) is 0.240. The molecule has 0 radical (unpaired) electrons. The largest absolute Gasteiger partial charge is 0.368 e. The van der Waals surface area contributed by atoms with Gasteiger partial charge in [0.2, 0.25) is 5.91 Å². The van der Waals surface area contributed by atoms with E-state index < -0.39 is 11.9 Å². The van der Waals surface area contributed by atoms with Crippen molar-refractivity contribution in [1.29, 1.82) is 0 Å². The molecule has 1 atom stereocenters. The van der Waals surface area contributed by atoms with Gasteiger partial charge in [-0.3, -0.25) is 14.3 Å². The van der Waals surface area contributed by atoms with Gasteiger partial charge in [0.25, 0.3) is 5.91 Å². The first kappa shape index (κ1) is 20.5. The lowest BCUT2D eigenvalue weighted by molar-refractivity contribution is -0.122. The van der Waals surface area contributed by atoms with E-state index in [2.05, 4.69) is 36.3 Å². The summed E-state index contributed by atoms with van der Waals surface area (Å²) in [4.78, 5) is 28.9. The lowest BCUT2D eigenvalue weighted by atomic mass is 9.93. The summed E-state index contributed by atoms with van der Waals surface area (Å²) in [6.07, 6.45) is 0.447. The number of fused-ring (bicyclic) bond motifs is 2. The molecule has 1 aliphatic rings. The van der Waals surface area contributed by atoms with Crippen LogP contribution < -0.4 is 5.73 Å². The van der Waals surface area contributed by atoms with E-state index >= 15 is 0 Å². The maximum Gasteiger partial charge on any atom is 0.265 e. The molecule has 32 heavy (non-hydrogen) atoms. The van der Waals surface area contributed by atoms with Crippen LogP contribution in [0.1, 0.15) is 37.6 Å². The predicted octanol–water partition coefficient (Wildman–Crippen LogP) is 3.82. The monoisotopic (exact) mass is 444 g/mol. The number of hydrogen-bond donors (Lipinski definition) is 1. The van der Waals surface area contributed by atoms with Crippen LogP contribution in [0.5, 0.6) is 0 Å². The van der Waals surface area contributed by atoms with E-state index in [-0.39, 0.29) is 5.91 Å². The van der Waals surface area contributed by atoms with E-state index in [1.807, 2.05) is 41.9 Å².